The molecule has 7 nitrogen and oxygen atoms in total. The number of nitrogens with zero attached hydrogens (tertiary/aromatic N) is 2. The molecule has 0 atom stereocenters. The van der Waals surface area contributed by atoms with Crippen molar-refractivity contribution in [2.45, 2.75) is 65.2 Å². The number of carbonyl (C=O) groups excluding carboxylic acids is 1. The summed E-state index contributed by atoms with van der Waals surface area (Å²) >= 11 is 0. The summed E-state index contributed by atoms with van der Waals surface area (Å²) in [4.78, 5) is 14.5. The number of anilines is 1. The van der Waals surface area contributed by atoms with E-state index in [0.717, 1.165) is 48.5 Å². The first kappa shape index (κ1) is 24.6. The highest BCUT2D eigenvalue weighted by Gasteiger charge is 2.26. The minimum Gasteiger partial charge on any atom is -0.307 e. The van der Waals surface area contributed by atoms with E-state index in [4.69, 9.17) is 0 Å². The van der Waals surface area contributed by atoms with Crippen LogP contribution in [0.25, 0.3) is 0 Å². The molecule has 0 saturated carbocycles. The number of hydrogen-bond donors (Lipinski definition) is 2. The Bertz CT molecular complexity index is 799. The van der Waals surface area contributed by atoms with Crippen molar-refractivity contribution < 1.29 is 13.2 Å². The molecular formula is C22H38N4O3S. The molecule has 1 aromatic carbocycles. The molecule has 1 aliphatic heterocycles. The molecule has 30 heavy (non-hydrogen) atoms. The number of urea groups is 1. The van der Waals surface area contributed by atoms with Crippen molar-refractivity contribution in [2.24, 2.45) is 0 Å². The van der Waals surface area contributed by atoms with Crippen LogP contribution in [0.2, 0.25) is 0 Å². The molecule has 0 bridgehead atoms. The monoisotopic (exact) mass is 438 g/mol. The first-order chi connectivity index (χ1) is 14.3. The first-order valence-electron chi connectivity index (χ1n) is 11.1. The van der Waals surface area contributed by atoms with Crippen LogP contribution in [0.4, 0.5) is 10.5 Å². The minimum atomic E-state index is -3.77. The second kappa shape index (κ2) is 11.1. The normalized spacial score (nSPS) is 17.4. The molecule has 1 saturated heterocycles. The summed E-state index contributed by atoms with van der Waals surface area (Å²) < 4.78 is 26.5. The summed E-state index contributed by atoms with van der Waals surface area (Å²) in [6.45, 7) is 6.64. The minimum absolute atomic E-state index is 0.692. The molecule has 0 unspecified atom stereocenters. The first-order valence-corrected chi connectivity index (χ1v) is 12.6. The quantitative estimate of drug-likeness (QED) is 0.758. The highest BCUT2D eigenvalue weighted by Crippen LogP contribution is 2.38. The van der Waals surface area contributed by atoms with Gasteiger partial charge < -0.3 is 10.2 Å². The maximum absolute atomic E-state index is 12.1. The van der Waals surface area contributed by atoms with Crippen molar-refractivity contribution >= 4 is 21.9 Å². The molecule has 1 heterocycles. The van der Waals surface area contributed by atoms with Crippen molar-refractivity contribution in [3.63, 3.8) is 0 Å². The van der Waals surface area contributed by atoms with Gasteiger partial charge in [-0.15, -0.1) is 0 Å². The molecule has 0 spiro atoms. The van der Waals surface area contributed by atoms with Gasteiger partial charge in [0.05, 0.1) is 0 Å². The van der Waals surface area contributed by atoms with Gasteiger partial charge in [-0.2, -0.15) is 12.7 Å². The third kappa shape index (κ3) is 6.18. The molecule has 0 radical (unpaired) electrons. The fraction of sp³-hybridized carbons (Fsp3) is 0.682. The van der Waals surface area contributed by atoms with Crippen LogP contribution in [-0.2, 0) is 35.9 Å². The average Bonchev–Trinajstić information content (AvgIpc) is 3.44. The SMILES string of the molecule is CC.CN(C)S(=O)(=O)NC(=O)Nc1c2c(cc3c1CCC3)CCC2.CN1CCCC1. The zero-order valence-electron chi connectivity index (χ0n) is 19.2. The maximum atomic E-state index is 12.1. The number of benzene rings is 1. The van der Waals surface area contributed by atoms with Crippen LogP contribution < -0.4 is 10.0 Å². The number of aryl methyl sites for hydroxylation is 2. The van der Waals surface area contributed by atoms with Crippen molar-refractivity contribution in [2.75, 3.05) is 39.5 Å². The zero-order chi connectivity index (χ0) is 22.3. The van der Waals surface area contributed by atoms with Crippen molar-refractivity contribution in [1.29, 1.82) is 0 Å². The van der Waals surface area contributed by atoms with Gasteiger partial charge in [0.1, 0.15) is 0 Å². The van der Waals surface area contributed by atoms with E-state index in [1.165, 1.54) is 62.3 Å². The smallest absolute Gasteiger partial charge is 0.307 e. The van der Waals surface area contributed by atoms with Gasteiger partial charge in [-0.3, -0.25) is 0 Å². The van der Waals surface area contributed by atoms with E-state index in [2.05, 4.69) is 23.3 Å². The van der Waals surface area contributed by atoms with Gasteiger partial charge in [-0.1, -0.05) is 19.9 Å². The van der Waals surface area contributed by atoms with Crippen molar-refractivity contribution in [1.82, 2.24) is 13.9 Å². The number of nitrogens with one attached hydrogen (secondary N) is 2. The fourth-order valence-corrected chi connectivity index (χ4v) is 4.66. The van der Waals surface area contributed by atoms with E-state index < -0.39 is 16.2 Å². The Morgan fingerprint density at radius 1 is 0.933 bits per heavy atom. The van der Waals surface area contributed by atoms with Gasteiger partial charge in [0.2, 0.25) is 0 Å². The molecule has 3 aliphatic rings. The molecular weight excluding hydrogens is 400 g/mol. The number of rotatable bonds is 3. The predicted molar refractivity (Wildman–Crippen MR) is 123 cm³/mol. The Morgan fingerprint density at radius 3 is 1.83 bits per heavy atom. The molecule has 2 N–H and O–H groups in total. The third-order valence-corrected chi connectivity index (χ3v) is 7.15. The van der Waals surface area contributed by atoms with Crippen LogP contribution in [0, 0.1) is 0 Å². The maximum Gasteiger partial charge on any atom is 0.333 e. The van der Waals surface area contributed by atoms with Crippen LogP contribution in [0.15, 0.2) is 6.07 Å². The van der Waals surface area contributed by atoms with Crippen LogP contribution >= 0.6 is 0 Å². The zero-order valence-corrected chi connectivity index (χ0v) is 20.0. The Balaban J connectivity index is 0.000000340. The summed E-state index contributed by atoms with van der Waals surface area (Å²) in [6.07, 6.45) is 8.96. The van der Waals surface area contributed by atoms with Gasteiger partial charge in [0, 0.05) is 19.8 Å². The lowest BCUT2D eigenvalue weighted by atomic mass is 9.99. The molecule has 1 aromatic rings. The molecule has 4 rings (SSSR count). The molecule has 8 heteroatoms. The molecule has 0 aromatic heterocycles. The van der Waals surface area contributed by atoms with Gasteiger partial charge in [0.15, 0.2) is 0 Å². The molecule has 2 amide bonds. The summed E-state index contributed by atoms with van der Waals surface area (Å²) in [5.74, 6) is 0. The van der Waals surface area contributed by atoms with E-state index in [9.17, 15) is 13.2 Å². The number of likely N-dealkylation sites (tertiary alicyclic amines) is 1. The highest BCUT2D eigenvalue weighted by molar-refractivity contribution is 7.87. The van der Waals surface area contributed by atoms with Crippen molar-refractivity contribution in [3.05, 3.63) is 28.3 Å². The van der Waals surface area contributed by atoms with Crippen LogP contribution in [0.5, 0.6) is 0 Å². The topological polar surface area (TPSA) is 81.8 Å². The van der Waals surface area contributed by atoms with Crippen LogP contribution in [0.3, 0.4) is 0 Å². The van der Waals surface area contributed by atoms with E-state index in [1.54, 1.807) is 0 Å². The molecule has 170 valence electrons. The lowest BCUT2D eigenvalue weighted by molar-refractivity contribution is 0.256. The van der Waals surface area contributed by atoms with E-state index in [0.29, 0.717) is 0 Å². The predicted octanol–water partition coefficient (Wildman–Crippen LogP) is 3.33. The van der Waals surface area contributed by atoms with Crippen molar-refractivity contribution in [3.8, 4) is 0 Å². The van der Waals surface area contributed by atoms with Gasteiger partial charge in [0.25, 0.3) is 0 Å². The summed E-state index contributed by atoms with van der Waals surface area (Å²) in [5.41, 5.74) is 5.79. The van der Waals surface area contributed by atoms with E-state index in [1.807, 2.05) is 18.6 Å². The van der Waals surface area contributed by atoms with Crippen LogP contribution in [0.1, 0.15) is 61.8 Å². The molecule has 1 fully saturated rings. The number of hydrogen-bond acceptors (Lipinski definition) is 4. The Labute approximate surface area is 182 Å². The summed E-state index contributed by atoms with van der Waals surface area (Å²) in [7, 11) is 1.16. The van der Waals surface area contributed by atoms with Gasteiger partial charge in [-0.05, 0) is 93.8 Å². The Morgan fingerprint density at radius 2 is 1.43 bits per heavy atom. The fourth-order valence-electron chi connectivity index (χ4n) is 4.19. The third-order valence-electron chi connectivity index (χ3n) is 5.74. The van der Waals surface area contributed by atoms with E-state index in [-0.39, 0.29) is 0 Å². The largest absolute Gasteiger partial charge is 0.333 e. The summed E-state index contributed by atoms with van der Waals surface area (Å²) in [5, 5.41) is 2.80. The van der Waals surface area contributed by atoms with Gasteiger partial charge >= 0.3 is 16.2 Å². The molecule has 2 aliphatic carbocycles. The summed E-state index contributed by atoms with van der Waals surface area (Å²) in [6, 6.07) is 1.58. The number of amides is 2. The Kier molecular flexibility index (Phi) is 9.12. The standard InChI is InChI=1S/C15H21N3O3S.C5H11N.C2H6/c1-18(2)22(20,21)17-15(19)16-14-12-7-3-5-10(12)9-11-6-4-8-13(11)14;1-6-4-2-3-5-6;1-2/h9H,3-8H2,1-2H3,(H2,16,17,19);2-5H2,1H3;1-2H3. The van der Waals surface area contributed by atoms with Crippen LogP contribution in [-0.4, -0.2) is 57.9 Å². The van der Waals surface area contributed by atoms with E-state index >= 15 is 0 Å². The number of fused-ring (bicyclic) bond motifs is 2. The second-order valence-corrected chi connectivity index (χ2v) is 9.97. The lowest BCUT2D eigenvalue weighted by Gasteiger charge is -2.17. The Hall–Kier alpha value is -1.64. The second-order valence-electron chi connectivity index (χ2n) is 8.09. The lowest BCUT2D eigenvalue weighted by Crippen LogP contribution is -2.41. The average molecular weight is 439 g/mol. The van der Waals surface area contributed by atoms with Gasteiger partial charge in [-0.25, -0.2) is 9.52 Å². The highest BCUT2D eigenvalue weighted by atomic mass is 32.2. The number of carbonyl (C=O) groups is 1.